The number of para-hydroxylation sites is 1. The third-order valence-electron chi connectivity index (χ3n) is 4.73. The highest BCUT2D eigenvalue weighted by molar-refractivity contribution is 5.78. The van der Waals surface area contributed by atoms with Gasteiger partial charge in [0.05, 0.1) is 18.8 Å². The van der Waals surface area contributed by atoms with Crippen LogP contribution < -0.4 is 4.74 Å². The number of nitrogens with zero attached hydrogens (tertiary/aromatic N) is 2. The smallest absolute Gasteiger partial charge is 0.236 e. The van der Waals surface area contributed by atoms with Crippen LogP contribution >= 0.6 is 0 Å². The molecule has 2 heterocycles. The zero-order valence-electron chi connectivity index (χ0n) is 13.3. The lowest BCUT2D eigenvalue weighted by Crippen LogP contribution is -2.50. The van der Waals surface area contributed by atoms with Crippen LogP contribution in [0.15, 0.2) is 24.3 Å². The lowest BCUT2D eigenvalue weighted by atomic mass is 9.92. The molecule has 126 valence electrons. The SMILES string of the molecule is O=C(CN1CCOc2ccccc2C1)N1CCC(O)(CO)CC1. The maximum Gasteiger partial charge on any atom is 0.236 e. The van der Waals surface area contributed by atoms with Gasteiger partial charge in [-0.15, -0.1) is 0 Å². The highest BCUT2D eigenvalue weighted by Crippen LogP contribution is 2.24. The molecular weight excluding hydrogens is 296 g/mol. The number of aliphatic hydroxyl groups is 2. The second-order valence-electron chi connectivity index (χ2n) is 6.43. The summed E-state index contributed by atoms with van der Waals surface area (Å²) < 4.78 is 5.72. The van der Waals surface area contributed by atoms with E-state index in [4.69, 9.17) is 4.74 Å². The van der Waals surface area contributed by atoms with Crippen molar-refractivity contribution in [1.82, 2.24) is 9.80 Å². The minimum absolute atomic E-state index is 0.0735. The highest BCUT2D eigenvalue weighted by Gasteiger charge is 2.33. The minimum atomic E-state index is -1.02. The number of benzene rings is 1. The summed E-state index contributed by atoms with van der Waals surface area (Å²) in [6, 6.07) is 7.92. The Morgan fingerprint density at radius 2 is 1.96 bits per heavy atom. The third kappa shape index (κ3) is 3.83. The van der Waals surface area contributed by atoms with Crippen molar-refractivity contribution in [3.05, 3.63) is 29.8 Å². The molecule has 6 heteroatoms. The number of piperidine rings is 1. The standard InChI is InChI=1S/C17H24N2O4/c20-13-17(22)5-7-19(8-6-17)16(21)12-18-9-10-23-15-4-2-1-3-14(15)11-18/h1-4,20,22H,5-13H2. The Morgan fingerprint density at radius 1 is 1.22 bits per heavy atom. The number of carbonyl (C=O) groups is 1. The molecule has 2 aliphatic heterocycles. The van der Waals surface area contributed by atoms with E-state index in [0.29, 0.717) is 45.6 Å². The summed E-state index contributed by atoms with van der Waals surface area (Å²) in [6.07, 6.45) is 0.863. The molecule has 0 saturated carbocycles. The van der Waals surface area contributed by atoms with E-state index in [-0.39, 0.29) is 12.5 Å². The summed E-state index contributed by atoms with van der Waals surface area (Å²) >= 11 is 0. The van der Waals surface area contributed by atoms with Crippen LogP contribution in [0.4, 0.5) is 0 Å². The van der Waals surface area contributed by atoms with Gasteiger partial charge in [-0.05, 0) is 18.9 Å². The normalized spacial score (nSPS) is 21.2. The number of rotatable bonds is 3. The first-order valence-corrected chi connectivity index (χ1v) is 8.14. The summed E-state index contributed by atoms with van der Waals surface area (Å²) in [5.74, 6) is 0.970. The Labute approximate surface area is 136 Å². The van der Waals surface area contributed by atoms with Crippen molar-refractivity contribution in [3.63, 3.8) is 0 Å². The second kappa shape index (κ2) is 6.86. The maximum absolute atomic E-state index is 12.5. The van der Waals surface area contributed by atoms with Crippen molar-refractivity contribution in [2.24, 2.45) is 0 Å². The van der Waals surface area contributed by atoms with Crippen molar-refractivity contribution in [1.29, 1.82) is 0 Å². The molecule has 0 bridgehead atoms. The van der Waals surface area contributed by atoms with Crippen LogP contribution in [-0.2, 0) is 11.3 Å². The number of fused-ring (bicyclic) bond motifs is 1. The minimum Gasteiger partial charge on any atom is -0.492 e. The molecule has 0 atom stereocenters. The van der Waals surface area contributed by atoms with Crippen LogP contribution in [-0.4, -0.2) is 70.9 Å². The zero-order chi connectivity index (χ0) is 16.3. The van der Waals surface area contributed by atoms with Crippen molar-refractivity contribution in [2.75, 3.05) is 39.4 Å². The van der Waals surface area contributed by atoms with Crippen molar-refractivity contribution in [3.8, 4) is 5.75 Å². The molecule has 0 radical (unpaired) electrons. The number of ether oxygens (including phenoxy) is 1. The molecule has 6 nitrogen and oxygen atoms in total. The van der Waals surface area contributed by atoms with Gasteiger partial charge in [0.1, 0.15) is 12.4 Å². The van der Waals surface area contributed by atoms with Gasteiger partial charge in [-0.2, -0.15) is 0 Å². The van der Waals surface area contributed by atoms with Gasteiger partial charge in [0, 0.05) is 31.7 Å². The van der Waals surface area contributed by atoms with Gasteiger partial charge in [-0.25, -0.2) is 0 Å². The van der Waals surface area contributed by atoms with Gasteiger partial charge in [0.25, 0.3) is 0 Å². The van der Waals surface area contributed by atoms with Crippen LogP contribution in [0.2, 0.25) is 0 Å². The Bertz CT molecular complexity index is 555. The Kier molecular flexibility index (Phi) is 4.84. The molecule has 0 aliphatic carbocycles. The first-order chi connectivity index (χ1) is 11.1. The van der Waals surface area contributed by atoms with Gasteiger partial charge in [0.2, 0.25) is 5.91 Å². The number of amides is 1. The summed E-state index contributed by atoms with van der Waals surface area (Å²) in [5.41, 5.74) is 0.0812. The quantitative estimate of drug-likeness (QED) is 0.834. The summed E-state index contributed by atoms with van der Waals surface area (Å²) in [7, 11) is 0. The fourth-order valence-corrected chi connectivity index (χ4v) is 3.14. The van der Waals surface area contributed by atoms with Crippen LogP contribution in [0.25, 0.3) is 0 Å². The molecular formula is C17H24N2O4. The van der Waals surface area contributed by atoms with E-state index in [1.54, 1.807) is 4.90 Å². The number of hydrogen-bond acceptors (Lipinski definition) is 5. The summed E-state index contributed by atoms with van der Waals surface area (Å²) in [6.45, 7) is 3.11. The largest absolute Gasteiger partial charge is 0.492 e. The summed E-state index contributed by atoms with van der Waals surface area (Å²) in [4.78, 5) is 16.4. The molecule has 2 aliphatic rings. The van der Waals surface area contributed by atoms with Gasteiger partial charge in [0.15, 0.2) is 0 Å². The predicted molar refractivity (Wildman–Crippen MR) is 85.1 cm³/mol. The molecule has 1 fully saturated rings. The first kappa shape index (κ1) is 16.2. The van der Waals surface area contributed by atoms with Crippen LogP contribution in [0.1, 0.15) is 18.4 Å². The van der Waals surface area contributed by atoms with E-state index < -0.39 is 5.60 Å². The lowest BCUT2D eigenvalue weighted by Gasteiger charge is -2.37. The van der Waals surface area contributed by atoms with Crippen molar-refractivity contribution < 1.29 is 19.7 Å². The molecule has 1 aromatic carbocycles. The van der Waals surface area contributed by atoms with Gasteiger partial charge in [-0.3, -0.25) is 9.69 Å². The monoisotopic (exact) mass is 320 g/mol. The van der Waals surface area contributed by atoms with Gasteiger partial charge < -0.3 is 19.8 Å². The fourth-order valence-electron chi connectivity index (χ4n) is 3.14. The molecule has 0 spiro atoms. The predicted octanol–water partition coefficient (Wildman–Crippen LogP) is 0.227. The number of hydrogen-bond donors (Lipinski definition) is 2. The lowest BCUT2D eigenvalue weighted by molar-refractivity contribution is -0.138. The maximum atomic E-state index is 12.5. The van der Waals surface area contributed by atoms with Crippen molar-refractivity contribution >= 4 is 5.91 Å². The zero-order valence-corrected chi connectivity index (χ0v) is 13.3. The van der Waals surface area contributed by atoms with Gasteiger partial charge in [-0.1, -0.05) is 18.2 Å². The second-order valence-corrected chi connectivity index (χ2v) is 6.43. The van der Waals surface area contributed by atoms with E-state index >= 15 is 0 Å². The van der Waals surface area contributed by atoms with Crippen LogP contribution in [0.3, 0.4) is 0 Å². The summed E-state index contributed by atoms with van der Waals surface area (Å²) in [5, 5.41) is 19.2. The molecule has 1 aromatic rings. The number of likely N-dealkylation sites (tertiary alicyclic amines) is 1. The van der Waals surface area contributed by atoms with Crippen molar-refractivity contribution in [2.45, 2.75) is 25.0 Å². The Balaban J connectivity index is 1.56. The average molecular weight is 320 g/mol. The Hall–Kier alpha value is -1.63. The topological polar surface area (TPSA) is 73.2 Å². The fraction of sp³-hybridized carbons (Fsp3) is 0.588. The number of aliphatic hydroxyl groups excluding tert-OH is 1. The van der Waals surface area contributed by atoms with E-state index in [1.165, 1.54) is 0 Å². The first-order valence-electron chi connectivity index (χ1n) is 8.14. The third-order valence-corrected chi connectivity index (χ3v) is 4.73. The van der Waals surface area contributed by atoms with E-state index in [0.717, 1.165) is 17.9 Å². The molecule has 0 unspecified atom stereocenters. The molecule has 23 heavy (non-hydrogen) atoms. The van der Waals surface area contributed by atoms with Crippen LogP contribution in [0, 0.1) is 0 Å². The Morgan fingerprint density at radius 3 is 2.70 bits per heavy atom. The van der Waals surface area contributed by atoms with E-state index in [1.807, 2.05) is 24.3 Å². The average Bonchev–Trinajstić information content (AvgIpc) is 2.77. The number of carbonyl (C=O) groups excluding carboxylic acids is 1. The molecule has 0 aromatic heterocycles. The van der Waals surface area contributed by atoms with E-state index in [9.17, 15) is 15.0 Å². The van der Waals surface area contributed by atoms with Crippen LogP contribution in [0.5, 0.6) is 5.75 Å². The molecule has 1 saturated heterocycles. The highest BCUT2D eigenvalue weighted by atomic mass is 16.5. The molecule has 1 amide bonds. The van der Waals surface area contributed by atoms with E-state index in [2.05, 4.69) is 4.90 Å². The van der Waals surface area contributed by atoms with Gasteiger partial charge >= 0.3 is 0 Å². The molecule has 2 N–H and O–H groups in total. The molecule has 3 rings (SSSR count).